The van der Waals surface area contributed by atoms with Gasteiger partial charge in [0.1, 0.15) is 11.4 Å². The zero-order valence-corrected chi connectivity index (χ0v) is 12.7. The van der Waals surface area contributed by atoms with Crippen LogP contribution in [0.3, 0.4) is 0 Å². The molecular formula is C17H12N2O3S. The first kappa shape index (κ1) is 14.9. The van der Waals surface area contributed by atoms with Gasteiger partial charge in [-0.15, -0.1) is 10.2 Å². The van der Waals surface area contributed by atoms with Crippen LogP contribution in [0.15, 0.2) is 70.9 Å². The molecular weight excluding hydrogens is 312 g/mol. The van der Waals surface area contributed by atoms with Crippen LogP contribution in [0, 0.1) is 0 Å². The van der Waals surface area contributed by atoms with E-state index in [1.165, 1.54) is 17.4 Å². The van der Waals surface area contributed by atoms with E-state index in [0.29, 0.717) is 5.69 Å². The van der Waals surface area contributed by atoms with Crippen LogP contribution >= 0.6 is 11.3 Å². The van der Waals surface area contributed by atoms with Gasteiger partial charge in [-0.25, -0.2) is 4.79 Å². The summed E-state index contributed by atoms with van der Waals surface area (Å²) in [5.41, 5.74) is 1.59. The number of nitrogens with zero attached hydrogens (tertiary/aromatic N) is 2. The highest BCUT2D eigenvalue weighted by Gasteiger charge is 2.11. The van der Waals surface area contributed by atoms with Crippen LogP contribution in [0.2, 0.25) is 0 Å². The molecule has 1 aromatic heterocycles. The molecule has 0 atom stereocenters. The number of carboxylic acid groups (broad SMARTS) is 1. The number of thiophene rings is 1. The molecule has 1 heterocycles. The van der Waals surface area contributed by atoms with E-state index in [-0.39, 0.29) is 16.3 Å². The van der Waals surface area contributed by atoms with E-state index in [0.717, 1.165) is 10.4 Å². The van der Waals surface area contributed by atoms with Crippen molar-refractivity contribution >= 4 is 28.7 Å². The largest absolute Gasteiger partial charge is 0.498 e. The third kappa shape index (κ3) is 3.27. The van der Waals surface area contributed by atoms with Crippen molar-refractivity contribution < 1.29 is 15.0 Å². The SMILES string of the molecule is O=C(O)c1ccccc1N=Nc1cc(-c2ccccc2)sc1O. The smallest absolute Gasteiger partial charge is 0.337 e. The van der Waals surface area contributed by atoms with E-state index in [4.69, 9.17) is 5.11 Å². The van der Waals surface area contributed by atoms with Crippen LogP contribution in [-0.4, -0.2) is 16.2 Å². The van der Waals surface area contributed by atoms with Crippen LogP contribution in [0.1, 0.15) is 10.4 Å². The summed E-state index contributed by atoms with van der Waals surface area (Å²) in [4.78, 5) is 12.0. The molecule has 0 spiro atoms. The summed E-state index contributed by atoms with van der Waals surface area (Å²) < 4.78 is 0. The molecule has 0 bridgehead atoms. The Labute approximate surface area is 136 Å². The molecule has 0 unspecified atom stereocenters. The van der Waals surface area contributed by atoms with Gasteiger partial charge >= 0.3 is 5.97 Å². The number of hydrogen-bond acceptors (Lipinski definition) is 5. The number of aromatic hydroxyl groups is 1. The molecule has 0 aliphatic rings. The van der Waals surface area contributed by atoms with Gasteiger partial charge in [-0.05, 0) is 23.8 Å². The fraction of sp³-hybridized carbons (Fsp3) is 0. The molecule has 2 N–H and O–H groups in total. The summed E-state index contributed by atoms with van der Waals surface area (Å²) in [6.07, 6.45) is 0. The lowest BCUT2D eigenvalue weighted by Crippen LogP contribution is -1.95. The number of carbonyl (C=O) groups is 1. The number of azo groups is 1. The van der Waals surface area contributed by atoms with Gasteiger partial charge in [-0.1, -0.05) is 53.8 Å². The van der Waals surface area contributed by atoms with Gasteiger partial charge in [0.05, 0.1) is 5.56 Å². The number of carboxylic acids is 1. The molecule has 23 heavy (non-hydrogen) atoms. The minimum atomic E-state index is -1.07. The van der Waals surface area contributed by atoms with Gasteiger partial charge in [0.25, 0.3) is 0 Å². The second-order valence-corrected chi connectivity index (χ2v) is 5.72. The Morgan fingerprint density at radius 2 is 1.57 bits per heavy atom. The second kappa shape index (κ2) is 6.41. The minimum absolute atomic E-state index is 0.0420. The summed E-state index contributed by atoms with van der Waals surface area (Å²) in [7, 11) is 0. The predicted molar refractivity (Wildman–Crippen MR) is 89.0 cm³/mol. The van der Waals surface area contributed by atoms with Crippen molar-refractivity contribution in [2.45, 2.75) is 0 Å². The van der Waals surface area contributed by atoms with E-state index in [2.05, 4.69) is 10.2 Å². The molecule has 0 amide bonds. The van der Waals surface area contributed by atoms with Crippen molar-refractivity contribution in [3.8, 4) is 15.5 Å². The van der Waals surface area contributed by atoms with Gasteiger partial charge in [-0.2, -0.15) is 0 Å². The zero-order valence-electron chi connectivity index (χ0n) is 11.9. The Bertz CT molecular complexity index is 873. The van der Waals surface area contributed by atoms with Gasteiger partial charge in [0, 0.05) is 4.88 Å². The quantitative estimate of drug-likeness (QED) is 0.644. The van der Waals surface area contributed by atoms with Gasteiger partial charge < -0.3 is 10.2 Å². The maximum absolute atomic E-state index is 11.1. The standard InChI is InChI=1S/C17H12N2O3S/c20-16(21)12-8-4-5-9-13(12)18-19-14-10-15(23-17(14)22)11-6-2-1-3-7-11/h1-10,22H,(H,20,21). The average molecular weight is 324 g/mol. The molecule has 0 radical (unpaired) electrons. The Hall–Kier alpha value is -2.99. The molecule has 0 saturated heterocycles. The number of rotatable bonds is 4. The van der Waals surface area contributed by atoms with Crippen molar-refractivity contribution in [2.24, 2.45) is 10.2 Å². The van der Waals surface area contributed by atoms with Crippen molar-refractivity contribution in [1.29, 1.82) is 0 Å². The molecule has 114 valence electrons. The summed E-state index contributed by atoms with van der Waals surface area (Å²) in [5, 5.41) is 27.1. The first-order valence-electron chi connectivity index (χ1n) is 6.77. The topological polar surface area (TPSA) is 82.2 Å². The highest BCUT2D eigenvalue weighted by molar-refractivity contribution is 7.17. The highest BCUT2D eigenvalue weighted by atomic mass is 32.1. The molecule has 2 aromatic carbocycles. The molecule has 3 rings (SSSR count). The van der Waals surface area contributed by atoms with E-state index < -0.39 is 5.97 Å². The van der Waals surface area contributed by atoms with Gasteiger partial charge in [-0.3, -0.25) is 0 Å². The number of aromatic carboxylic acids is 1. The second-order valence-electron chi connectivity index (χ2n) is 4.69. The minimum Gasteiger partial charge on any atom is -0.498 e. The Kier molecular flexibility index (Phi) is 4.16. The average Bonchev–Trinajstić information content (AvgIpc) is 2.95. The highest BCUT2D eigenvalue weighted by Crippen LogP contribution is 2.42. The van der Waals surface area contributed by atoms with Crippen molar-refractivity contribution in [2.75, 3.05) is 0 Å². The Morgan fingerprint density at radius 3 is 2.30 bits per heavy atom. The first-order chi connectivity index (χ1) is 11.1. The van der Waals surface area contributed by atoms with Gasteiger partial charge in [0.15, 0.2) is 5.06 Å². The molecule has 0 aliphatic heterocycles. The van der Waals surface area contributed by atoms with E-state index in [1.54, 1.807) is 24.3 Å². The molecule has 0 saturated carbocycles. The number of hydrogen-bond donors (Lipinski definition) is 2. The lowest BCUT2D eigenvalue weighted by molar-refractivity contribution is 0.0697. The normalized spacial score (nSPS) is 11.0. The fourth-order valence-electron chi connectivity index (χ4n) is 2.04. The van der Waals surface area contributed by atoms with Crippen molar-refractivity contribution in [1.82, 2.24) is 0 Å². The van der Waals surface area contributed by atoms with Crippen molar-refractivity contribution in [3.63, 3.8) is 0 Å². The predicted octanol–water partition coefficient (Wildman–Crippen LogP) is 5.23. The summed E-state index contributed by atoms with van der Waals surface area (Å²) in [5.74, 6) is -1.07. The lowest BCUT2D eigenvalue weighted by atomic mass is 10.2. The molecule has 0 aliphatic carbocycles. The van der Waals surface area contributed by atoms with E-state index >= 15 is 0 Å². The van der Waals surface area contributed by atoms with E-state index in [1.807, 2.05) is 30.3 Å². The Morgan fingerprint density at radius 1 is 0.913 bits per heavy atom. The number of benzene rings is 2. The molecule has 6 heteroatoms. The molecule has 5 nitrogen and oxygen atoms in total. The van der Waals surface area contributed by atoms with Crippen LogP contribution in [0.4, 0.5) is 11.4 Å². The summed E-state index contributed by atoms with van der Waals surface area (Å²) in [6.45, 7) is 0. The maximum atomic E-state index is 11.1. The fourth-order valence-corrected chi connectivity index (χ4v) is 2.87. The van der Waals surface area contributed by atoms with Crippen LogP contribution < -0.4 is 0 Å². The zero-order chi connectivity index (χ0) is 16.2. The lowest BCUT2D eigenvalue weighted by Gasteiger charge is -1.97. The van der Waals surface area contributed by atoms with Gasteiger partial charge in [0.2, 0.25) is 0 Å². The third-order valence-electron chi connectivity index (χ3n) is 3.15. The van der Waals surface area contributed by atoms with Crippen LogP contribution in [0.25, 0.3) is 10.4 Å². The van der Waals surface area contributed by atoms with Crippen LogP contribution in [0.5, 0.6) is 5.06 Å². The summed E-state index contributed by atoms with van der Waals surface area (Å²) >= 11 is 1.20. The van der Waals surface area contributed by atoms with E-state index in [9.17, 15) is 9.90 Å². The van der Waals surface area contributed by atoms with Crippen LogP contribution in [-0.2, 0) is 0 Å². The summed E-state index contributed by atoms with van der Waals surface area (Å²) in [6, 6.07) is 17.7. The molecule has 3 aromatic rings. The first-order valence-corrected chi connectivity index (χ1v) is 7.59. The maximum Gasteiger partial charge on any atom is 0.337 e. The third-order valence-corrected chi connectivity index (χ3v) is 4.13. The van der Waals surface area contributed by atoms with Crippen molar-refractivity contribution in [3.05, 3.63) is 66.2 Å². The Balaban J connectivity index is 1.92. The monoisotopic (exact) mass is 324 g/mol. The molecule has 0 fully saturated rings.